The van der Waals surface area contributed by atoms with E-state index in [0.717, 1.165) is 54.4 Å². The number of carbonyl (C=O) groups is 3. The quantitative estimate of drug-likeness (QED) is 0.281. The van der Waals surface area contributed by atoms with Crippen LogP contribution in [-0.2, 0) is 27.2 Å². The Balaban J connectivity index is 1.54. The first-order valence-corrected chi connectivity index (χ1v) is 15.4. The van der Waals surface area contributed by atoms with E-state index in [2.05, 4.69) is 31.2 Å². The van der Waals surface area contributed by atoms with Gasteiger partial charge in [-0.3, -0.25) is 14.4 Å². The molecule has 5 aliphatic rings. The molecule has 1 aromatic rings. The van der Waals surface area contributed by atoms with E-state index in [4.69, 9.17) is 0 Å². The summed E-state index contributed by atoms with van der Waals surface area (Å²) in [5.74, 6) is -1.48. The van der Waals surface area contributed by atoms with Crippen LogP contribution in [0.2, 0.25) is 0 Å². The molecule has 222 valence electrons. The number of phenolic OH excluding ortho intramolecular Hbond substituents is 1. The van der Waals surface area contributed by atoms with Crippen LogP contribution in [0.3, 0.4) is 0 Å². The van der Waals surface area contributed by atoms with Gasteiger partial charge in [-0.15, -0.1) is 0 Å². The van der Waals surface area contributed by atoms with Crippen molar-refractivity contribution < 1.29 is 29.7 Å². The third kappa shape index (κ3) is 3.97. The van der Waals surface area contributed by atoms with E-state index in [-0.39, 0.29) is 41.1 Å². The molecule has 0 aliphatic heterocycles. The summed E-state index contributed by atoms with van der Waals surface area (Å²) < 4.78 is 0. The summed E-state index contributed by atoms with van der Waals surface area (Å²) in [7, 11) is 0. The predicted molar refractivity (Wildman–Crippen MR) is 162 cm³/mol. The van der Waals surface area contributed by atoms with Crippen molar-refractivity contribution in [2.75, 3.05) is 0 Å². The maximum absolute atomic E-state index is 14.4. The molecule has 0 bridgehead atoms. The number of aliphatic hydroxyl groups excluding tert-OH is 1. The molecule has 2 fully saturated rings. The SMILES string of the molecule is CC(=O)C1=C(C)C[C@@]2(C)C[C@@]3(C)Cc4c(C5=CCC=C5)cc(CC5CCC(C)CC5)c(O)c4C(O)=C3C(=O)[C@]2(O)C1=O. The Kier molecular flexibility index (Phi) is 6.62. The van der Waals surface area contributed by atoms with Crippen molar-refractivity contribution in [1.82, 2.24) is 0 Å². The highest BCUT2D eigenvalue weighted by molar-refractivity contribution is 6.33. The lowest BCUT2D eigenvalue weighted by molar-refractivity contribution is -0.171. The van der Waals surface area contributed by atoms with Crippen molar-refractivity contribution >= 4 is 28.7 Å². The molecule has 6 heteroatoms. The highest BCUT2D eigenvalue weighted by Gasteiger charge is 2.69. The molecule has 0 amide bonds. The molecule has 2 saturated carbocycles. The van der Waals surface area contributed by atoms with Gasteiger partial charge < -0.3 is 15.3 Å². The number of fused-ring (bicyclic) bond motifs is 3. The number of phenols is 1. The van der Waals surface area contributed by atoms with Crippen molar-refractivity contribution in [3.63, 3.8) is 0 Å². The van der Waals surface area contributed by atoms with Crippen LogP contribution in [0, 0.1) is 22.7 Å². The van der Waals surface area contributed by atoms with Gasteiger partial charge in [-0.05, 0) is 99.0 Å². The van der Waals surface area contributed by atoms with Gasteiger partial charge in [0.2, 0.25) is 11.6 Å². The predicted octanol–water partition coefficient (Wildman–Crippen LogP) is 6.52. The molecule has 6 nitrogen and oxygen atoms in total. The van der Waals surface area contributed by atoms with E-state index in [9.17, 15) is 29.7 Å². The molecular weight excluding hydrogens is 528 g/mol. The van der Waals surface area contributed by atoms with Crippen molar-refractivity contribution in [3.05, 3.63) is 63.3 Å². The van der Waals surface area contributed by atoms with Gasteiger partial charge in [-0.25, -0.2) is 0 Å². The standard InChI is InChI=1S/C36H42O6/c1-19-10-12-22(13-11-19)14-24-15-25(23-8-6-7-9-23)26-17-34(4)18-35(5)16-20(2)27(21(3)37)32(40)36(35,42)33(41)29(34)31(39)28(26)30(24)38/h6,8-9,15,19,22,38-39,42H,7,10-14,16-18H2,1-5H3/t19?,22?,34-,35+,36-/m1/s1. The molecule has 0 aromatic heterocycles. The zero-order valence-corrected chi connectivity index (χ0v) is 25.4. The Labute approximate surface area is 247 Å². The van der Waals surface area contributed by atoms with Gasteiger partial charge >= 0.3 is 0 Å². The van der Waals surface area contributed by atoms with Gasteiger partial charge in [0.15, 0.2) is 11.4 Å². The van der Waals surface area contributed by atoms with E-state index in [0.29, 0.717) is 30.3 Å². The topological polar surface area (TPSA) is 112 Å². The number of aliphatic hydroxyl groups is 2. The number of ketones is 3. The molecule has 0 radical (unpaired) electrons. The molecular formula is C36H42O6. The molecule has 3 atom stereocenters. The Morgan fingerprint density at radius 1 is 1.05 bits per heavy atom. The molecule has 3 N–H and O–H groups in total. The van der Waals surface area contributed by atoms with E-state index >= 15 is 0 Å². The summed E-state index contributed by atoms with van der Waals surface area (Å²) in [4.78, 5) is 40.6. The molecule has 0 saturated heterocycles. The Hall–Kier alpha value is -3.25. The second kappa shape index (κ2) is 9.63. The van der Waals surface area contributed by atoms with E-state index < -0.39 is 33.8 Å². The zero-order valence-electron chi connectivity index (χ0n) is 25.4. The lowest BCUT2D eigenvalue weighted by Crippen LogP contribution is -2.67. The first-order valence-electron chi connectivity index (χ1n) is 15.4. The highest BCUT2D eigenvalue weighted by Crippen LogP contribution is 2.62. The highest BCUT2D eigenvalue weighted by atomic mass is 16.3. The molecule has 0 unspecified atom stereocenters. The van der Waals surface area contributed by atoms with Gasteiger partial charge in [0, 0.05) is 16.4 Å². The monoisotopic (exact) mass is 570 g/mol. The van der Waals surface area contributed by atoms with Gasteiger partial charge in [0.25, 0.3) is 0 Å². The van der Waals surface area contributed by atoms with Gasteiger partial charge in [-0.1, -0.05) is 57.4 Å². The summed E-state index contributed by atoms with van der Waals surface area (Å²) in [6, 6.07) is 2.08. The van der Waals surface area contributed by atoms with Crippen LogP contribution in [0.5, 0.6) is 5.75 Å². The van der Waals surface area contributed by atoms with E-state index in [1.807, 2.05) is 6.92 Å². The number of carbonyl (C=O) groups excluding carboxylic acids is 3. The largest absolute Gasteiger partial charge is 0.507 e. The van der Waals surface area contributed by atoms with E-state index in [1.54, 1.807) is 13.8 Å². The minimum Gasteiger partial charge on any atom is -0.507 e. The van der Waals surface area contributed by atoms with Crippen LogP contribution in [0.1, 0.15) is 102 Å². The Bertz CT molecular complexity index is 1560. The molecule has 6 rings (SSSR count). The van der Waals surface area contributed by atoms with Gasteiger partial charge in [0.1, 0.15) is 11.5 Å². The Morgan fingerprint density at radius 3 is 2.36 bits per heavy atom. The molecule has 42 heavy (non-hydrogen) atoms. The second-order valence-corrected chi connectivity index (χ2v) is 14.4. The average Bonchev–Trinajstić information content (AvgIpc) is 3.43. The smallest absolute Gasteiger partial charge is 0.206 e. The number of aromatic hydroxyl groups is 1. The van der Waals surface area contributed by atoms with Crippen LogP contribution < -0.4 is 0 Å². The number of benzene rings is 1. The number of hydrogen-bond acceptors (Lipinski definition) is 6. The third-order valence-electron chi connectivity index (χ3n) is 11.1. The lowest BCUT2D eigenvalue weighted by atomic mass is 9.46. The summed E-state index contributed by atoms with van der Waals surface area (Å²) in [6.07, 6.45) is 13.1. The first-order chi connectivity index (χ1) is 19.7. The summed E-state index contributed by atoms with van der Waals surface area (Å²) in [5, 5.41) is 35.7. The third-order valence-corrected chi connectivity index (χ3v) is 11.1. The molecule has 1 aromatic carbocycles. The van der Waals surface area contributed by atoms with Crippen molar-refractivity contribution in [2.24, 2.45) is 22.7 Å². The summed E-state index contributed by atoms with van der Waals surface area (Å²) in [5.41, 5.74) is -0.338. The minimum atomic E-state index is -2.47. The summed E-state index contributed by atoms with van der Waals surface area (Å²) in [6.45, 7) is 8.92. The van der Waals surface area contributed by atoms with Gasteiger partial charge in [0.05, 0.1) is 11.1 Å². The molecule has 0 heterocycles. The molecule has 0 spiro atoms. The fourth-order valence-electron chi connectivity index (χ4n) is 9.06. The van der Waals surface area contributed by atoms with Crippen LogP contribution in [0.4, 0.5) is 0 Å². The normalized spacial score (nSPS) is 34.3. The van der Waals surface area contributed by atoms with Gasteiger partial charge in [-0.2, -0.15) is 0 Å². The maximum atomic E-state index is 14.4. The number of rotatable bonds is 4. The fourth-order valence-corrected chi connectivity index (χ4v) is 9.06. The van der Waals surface area contributed by atoms with Crippen LogP contribution in [-0.4, -0.2) is 38.3 Å². The lowest BCUT2D eigenvalue weighted by Gasteiger charge is -2.56. The molecule has 5 aliphatic carbocycles. The van der Waals surface area contributed by atoms with Crippen LogP contribution in [0.15, 0.2) is 41.0 Å². The van der Waals surface area contributed by atoms with Crippen molar-refractivity contribution in [3.8, 4) is 5.75 Å². The van der Waals surface area contributed by atoms with Crippen LogP contribution >= 0.6 is 0 Å². The van der Waals surface area contributed by atoms with Crippen molar-refractivity contribution in [2.45, 2.75) is 98.0 Å². The number of Topliss-reactive ketones (excluding diaryl/α,β-unsaturated/α-hetero) is 3. The number of hydrogen-bond donors (Lipinski definition) is 3. The maximum Gasteiger partial charge on any atom is 0.206 e. The summed E-state index contributed by atoms with van der Waals surface area (Å²) >= 11 is 0. The average molecular weight is 571 g/mol. The number of allylic oxidation sites excluding steroid dienone is 5. The van der Waals surface area contributed by atoms with Crippen molar-refractivity contribution in [1.29, 1.82) is 0 Å². The Morgan fingerprint density at radius 2 is 1.74 bits per heavy atom. The minimum absolute atomic E-state index is 0.0217. The van der Waals surface area contributed by atoms with Crippen LogP contribution in [0.25, 0.3) is 11.3 Å². The fraction of sp³-hybridized carbons (Fsp3) is 0.528. The second-order valence-electron chi connectivity index (χ2n) is 14.4. The van der Waals surface area contributed by atoms with E-state index in [1.165, 1.54) is 6.92 Å². The first kappa shape index (κ1) is 28.9. The zero-order chi connectivity index (χ0) is 30.4.